The first kappa shape index (κ1) is 14.4. The molecule has 0 spiro atoms. The number of aliphatic carboxylic acids is 1. The zero-order chi connectivity index (χ0) is 14.7. The maximum absolute atomic E-state index is 10.9. The SMILES string of the molecule is Cc1cc([N+](=O)[O-])c(N(C)CC(=O)[O-])c([N+](=O)[O-])c1. The molecule has 0 aliphatic carbocycles. The molecule has 0 aliphatic heterocycles. The van der Waals surface area contributed by atoms with Gasteiger partial charge in [0.1, 0.15) is 0 Å². The molecule has 0 bridgehead atoms. The van der Waals surface area contributed by atoms with Crippen LogP contribution in [0.25, 0.3) is 0 Å². The van der Waals surface area contributed by atoms with Gasteiger partial charge < -0.3 is 14.8 Å². The number of carboxylic acids is 1. The Balaban J connectivity index is 3.51. The highest BCUT2D eigenvalue weighted by atomic mass is 16.6. The van der Waals surface area contributed by atoms with Crippen molar-refractivity contribution in [1.82, 2.24) is 0 Å². The molecule has 1 aromatic rings. The van der Waals surface area contributed by atoms with Crippen LogP contribution in [0, 0.1) is 27.2 Å². The number of nitrogens with zero attached hydrogens (tertiary/aromatic N) is 3. The fourth-order valence-electron chi connectivity index (χ4n) is 1.68. The molecular formula is C10H10N3O6-. The summed E-state index contributed by atoms with van der Waals surface area (Å²) >= 11 is 0. The monoisotopic (exact) mass is 268 g/mol. The Labute approximate surface area is 107 Å². The molecule has 1 aromatic carbocycles. The van der Waals surface area contributed by atoms with Crippen LogP contribution in [0.1, 0.15) is 5.56 Å². The van der Waals surface area contributed by atoms with Crippen LogP contribution >= 0.6 is 0 Å². The molecule has 0 unspecified atom stereocenters. The molecule has 102 valence electrons. The summed E-state index contributed by atoms with van der Waals surface area (Å²) in [4.78, 5) is 31.7. The van der Waals surface area contributed by atoms with Crippen LogP contribution in [0.3, 0.4) is 0 Å². The van der Waals surface area contributed by atoms with E-state index in [1.165, 1.54) is 14.0 Å². The smallest absolute Gasteiger partial charge is 0.299 e. The molecule has 0 heterocycles. The fraction of sp³-hybridized carbons (Fsp3) is 0.300. The first-order valence-corrected chi connectivity index (χ1v) is 5.08. The maximum atomic E-state index is 10.9. The predicted octanol–water partition coefficient (Wildman–Crippen LogP) is -0.00248. The van der Waals surface area contributed by atoms with Crippen molar-refractivity contribution < 1.29 is 19.7 Å². The number of nitro groups is 2. The Hall–Kier alpha value is -2.71. The molecule has 0 N–H and O–H groups in total. The summed E-state index contributed by atoms with van der Waals surface area (Å²) in [6.07, 6.45) is 0. The molecule has 0 saturated heterocycles. The van der Waals surface area contributed by atoms with Crippen LogP contribution in [0.5, 0.6) is 0 Å². The molecule has 9 heteroatoms. The number of nitro benzene ring substituents is 2. The van der Waals surface area contributed by atoms with Crippen molar-refractivity contribution in [3.8, 4) is 0 Å². The Kier molecular flexibility index (Phi) is 4.00. The lowest BCUT2D eigenvalue weighted by Gasteiger charge is -2.19. The molecular weight excluding hydrogens is 258 g/mol. The van der Waals surface area contributed by atoms with Gasteiger partial charge in [0.2, 0.25) is 0 Å². The Bertz CT molecular complexity index is 521. The van der Waals surface area contributed by atoms with E-state index in [1.54, 1.807) is 0 Å². The molecule has 0 aliphatic rings. The molecule has 0 saturated carbocycles. The third kappa shape index (κ3) is 3.15. The van der Waals surface area contributed by atoms with E-state index in [1.807, 2.05) is 0 Å². The van der Waals surface area contributed by atoms with Gasteiger partial charge in [0.05, 0.1) is 22.4 Å². The summed E-state index contributed by atoms with van der Waals surface area (Å²) in [5.41, 5.74) is -1.06. The second-order valence-corrected chi connectivity index (χ2v) is 3.89. The highest BCUT2D eigenvalue weighted by Gasteiger charge is 2.28. The minimum Gasteiger partial charge on any atom is -0.548 e. The van der Waals surface area contributed by atoms with E-state index < -0.39 is 33.7 Å². The van der Waals surface area contributed by atoms with Crippen LogP contribution in [0.15, 0.2) is 12.1 Å². The zero-order valence-corrected chi connectivity index (χ0v) is 10.2. The van der Waals surface area contributed by atoms with Crippen LogP contribution in [0.2, 0.25) is 0 Å². The molecule has 0 fully saturated rings. The van der Waals surface area contributed by atoms with Crippen LogP contribution < -0.4 is 10.0 Å². The number of carbonyl (C=O) groups excluding carboxylic acids is 1. The van der Waals surface area contributed by atoms with Gasteiger partial charge in [-0.1, -0.05) is 0 Å². The van der Waals surface area contributed by atoms with Crippen molar-refractivity contribution in [2.75, 3.05) is 18.5 Å². The maximum Gasteiger partial charge on any atom is 0.299 e. The summed E-state index contributed by atoms with van der Waals surface area (Å²) in [7, 11) is 1.21. The Morgan fingerprint density at radius 2 is 1.63 bits per heavy atom. The highest BCUT2D eigenvalue weighted by molar-refractivity contribution is 5.80. The first-order valence-electron chi connectivity index (χ1n) is 5.08. The summed E-state index contributed by atoms with van der Waals surface area (Å²) < 4.78 is 0. The lowest BCUT2D eigenvalue weighted by Crippen LogP contribution is -2.36. The lowest BCUT2D eigenvalue weighted by atomic mass is 10.1. The van der Waals surface area contributed by atoms with E-state index in [-0.39, 0.29) is 5.69 Å². The molecule has 0 atom stereocenters. The average Bonchev–Trinajstić information content (AvgIpc) is 2.26. The number of anilines is 1. The number of carbonyl (C=O) groups is 1. The third-order valence-corrected chi connectivity index (χ3v) is 2.36. The van der Waals surface area contributed by atoms with E-state index in [2.05, 4.69) is 0 Å². The fourth-order valence-corrected chi connectivity index (χ4v) is 1.68. The standard InChI is InChI=1S/C10H11N3O6/c1-6-3-7(12(16)17)10(8(4-6)13(18)19)11(2)5-9(14)15/h3-4H,5H2,1-2H3,(H,14,15)/p-1. The molecule has 0 aromatic heterocycles. The number of carboxylic acid groups (broad SMARTS) is 1. The van der Waals surface area contributed by atoms with Gasteiger partial charge in [-0.2, -0.15) is 0 Å². The van der Waals surface area contributed by atoms with Gasteiger partial charge in [-0.3, -0.25) is 20.2 Å². The van der Waals surface area contributed by atoms with Gasteiger partial charge in [-0.25, -0.2) is 0 Å². The topological polar surface area (TPSA) is 130 Å². The number of likely N-dealkylation sites (N-methyl/N-ethyl adjacent to an activating group) is 1. The van der Waals surface area contributed by atoms with Gasteiger partial charge in [-0.15, -0.1) is 0 Å². The van der Waals surface area contributed by atoms with Gasteiger partial charge in [0.25, 0.3) is 11.4 Å². The predicted molar refractivity (Wildman–Crippen MR) is 62.8 cm³/mol. The minimum atomic E-state index is -1.49. The van der Waals surface area contributed by atoms with E-state index in [9.17, 15) is 30.1 Å². The third-order valence-electron chi connectivity index (χ3n) is 2.36. The van der Waals surface area contributed by atoms with Gasteiger partial charge in [0.15, 0.2) is 5.69 Å². The van der Waals surface area contributed by atoms with Crippen LogP contribution in [-0.2, 0) is 4.79 Å². The van der Waals surface area contributed by atoms with Crippen molar-refractivity contribution in [3.05, 3.63) is 37.9 Å². The van der Waals surface area contributed by atoms with Gasteiger partial charge >= 0.3 is 0 Å². The van der Waals surface area contributed by atoms with Crippen molar-refractivity contribution in [3.63, 3.8) is 0 Å². The second kappa shape index (κ2) is 5.29. The summed E-state index contributed by atoms with van der Waals surface area (Å²) in [5, 5.41) is 32.4. The van der Waals surface area contributed by atoms with Gasteiger partial charge in [0, 0.05) is 19.2 Å². The summed E-state index contributed by atoms with van der Waals surface area (Å²) in [6.45, 7) is 0.785. The second-order valence-electron chi connectivity index (χ2n) is 3.89. The van der Waals surface area contributed by atoms with E-state index in [0.29, 0.717) is 5.56 Å². The van der Waals surface area contributed by atoms with E-state index in [4.69, 9.17) is 0 Å². The number of aryl methyl sites for hydroxylation is 1. The molecule has 0 amide bonds. The lowest BCUT2D eigenvalue weighted by molar-refractivity contribution is -0.392. The molecule has 19 heavy (non-hydrogen) atoms. The Morgan fingerprint density at radius 3 is 1.95 bits per heavy atom. The number of benzene rings is 1. The number of rotatable bonds is 5. The van der Waals surface area contributed by atoms with Crippen LogP contribution in [-0.4, -0.2) is 29.4 Å². The molecule has 9 nitrogen and oxygen atoms in total. The van der Waals surface area contributed by atoms with Crippen molar-refractivity contribution in [2.45, 2.75) is 6.92 Å². The van der Waals surface area contributed by atoms with Crippen molar-refractivity contribution >= 4 is 23.0 Å². The first-order chi connectivity index (χ1) is 8.73. The van der Waals surface area contributed by atoms with Crippen molar-refractivity contribution in [2.24, 2.45) is 0 Å². The van der Waals surface area contributed by atoms with E-state index >= 15 is 0 Å². The zero-order valence-electron chi connectivity index (χ0n) is 10.2. The quantitative estimate of drug-likeness (QED) is 0.542. The molecule has 0 radical (unpaired) electrons. The van der Waals surface area contributed by atoms with Crippen LogP contribution in [0.4, 0.5) is 17.1 Å². The minimum absolute atomic E-state index is 0.337. The normalized spacial score (nSPS) is 10.0. The summed E-state index contributed by atoms with van der Waals surface area (Å²) in [5.74, 6) is -1.49. The van der Waals surface area contributed by atoms with E-state index in [0.717, 1.165) is 17.0 Å². The Morgan fingerprint density at radius 1 is 1.21 bits per heavy atom. The summed E-state index contributed by atoms with van der Waals surface area (Å²) in [6, 6.07) is 2.29. The average molecular weight is 268 g/mol. The largest absolute Gasteiger partial charge is 0.548 e. The number of hydrogen-bond acceptors (Lipinski definition) is 7. The van der Waals surface area contributed by atoms with Gasteiger partial charge in [-0.05, 0) is 12.5 Å². The number of hydrogen-bond donors (Lipinski definition) is 0. The molecule has 1 rings (SSSR count). The van der Waals surface area contributed by atoms with Crippen molar-refractivity contribution in [1.29, 1.82) is 0 Å². The highest BCUT2D eigenvalue weighted by Crippen LogP contribution is 2.37.